The van der Waals surface area contributed by atoms with Crippen LogP contribution < -0.4 is 0 Å². The second kappa shape index (κ2) is 2.73. The number of nitrogens with zero attached hydrogens (tertiary/aromatic N) is 1. The molecule has 4 rings (SSSR count). The van der Waals surface area contributed by atoms with Crippen LogP contribution in [-0.2, 0) is 0 Å². The van der Waals surface area contributed by atoms with Crippen molar-refractivity contribution < 1.29 is 0 Å². The zero-order valence-corrected chi connectivity index (χ0v) is 8.87. The van der Waals surface area contributed by atoms with Crippen LogP contribution in [0.2, 0.25) is 0 Å². The first-order valence-electron chi connectivity index (χ1n) is 6.01. The van der Waals surface area contributed by atoms with Crippen molar-refractivity contribution in [2.45, 2.75) is 64.1 Å². The van der Waals surface area contributed by atoms with E-state index in [2.05, 4.69) is 18.7 Å². The fourth-order valence-electron chi connectivity index (χ4n) is 4.41. The molecule has 4 fully saturated rings. The first kappa shape index (κ1) is 8.28. The van der Waals surface area contributed by atoms with Gasteiger partial charge in [-0.2, -0.15) is 0 Å². The van der Waals surface area contributed by atoms with Crippen molar-refractivity contribution in [3.8, 4) is 0 Å². The van der Waals surface area contributed by atoms with E-state index in [4.69, 9.17) is 0 Å². The molecule has 4 bridgehead atoms. The molecular weight excluding hydrogens is 158 g/mol. The van der Waals surface area contributed by atoms with Crippen molar-refractivity contribution in [3.05, 3.63) is 0 Å². The van der Waals surface area contributed by atoms with Gasteiger partial charge in [0.2, 0.25) is 0 Å². The van der Waals surface area contributed by atoms with Gasteiger partial charge in [-0.05, 0) is 57.8 Å². The van der Waals surface area contributed by atoms with Gasteiger partial charge in [-0.15, -0.1) is 0 Å². The molecule has 0 atom stereocenters. The number of piperidine rings is 2. The summed E-state index contributed by atoms with van der Waals surface area (Å²) in [6, 6.07) is 2.72. The van der Waals surface area contributed by atoms with Gasteiger partial charge in [0, 0.05) is 18.1 Å². The molecule has 1 nitrogen and oxygen atoms in total. The molecule has 2 aliphatic heterocycles. The average Bonchev–Trinajstić information content (AvgIpc) is 2.00. The summed E-state index contributed by atoms with van der Waals surface area (Å²) in [5, 5.41) is 0. The first-order valence-corrected chi connectivity index (χ1v) is 6.01. The van der Waals surface area contributed by atoms with Crippen LogP contribution in [0.1, 0.15) is 46.0 Å². The molecule has 2 saturated carbocycles. The van der Waals surface area contributed by atoms with Crippen LogP contribution >= 0.6 is 0 Å². The number of hydrogen-bond acceptors (Lipinski definition) is 1. The van der Waals surface area contributed by atoms with Gasteiger partial charge in [0.25, 0.3) is 0 Å². The summed E-state index contributed by atoms with van der Waals surface area (Å²) in [6.07, 6.45) is 7.64. The summed E-state index contributed by atoms with van der Waals surface area (Å²) in [4.78, 5) is 2.83. The Balaban J connectivity index is 1.85. The monoisotopic (exact) mass is 179 g/mol. The predicted molar refractivity (Wildman–Crippen MR) is 54.6 cm³/mol. The lowest BCUT2D eigenvalue weighted by Gasteiger charge is -2.58. The molecule has 2 aliphatic carbocycles. The summed E-state index contributed by atoms with van der Waals surface area (Å²) in [6.45, 7) is 4.75. The highest BCUT2D eigenvalue weighted by atomic mass is 15.2. The van der Waals surface area contributed by atoms with Gasteiger partial charge in [-0.1, -0.05) is 0 Å². The summed E-state index contributed by atoms with van der Waals surface area (Å²) < 4.78 is 0. The summed E-state index contributed by atoms with van der Waals surface area (Å²) in [7, 11) is 0. The lowest BCUT2D eigenvalue weighted by atomic mass is 9.63. The maximum Gasteiger partial charge on any atom is 0.0106 e. The average molecular weight is 179 g/mol. The molecular formula is C12H21N. The van der Waals surface area contributed by atoms with Crippen LogP contribution in [0, 0.1) is 11.8 Å². The van der Waals surface area contributed by atoms with E-state index in [1.807, 2.05) is 0 Å². The lowest BCUT2D eigenvalue weighted by molar-refractivity contribution is -0.0749. The molecule has 0 aromatic carbocycles. The Morgan fingerprint density at radius 2 is 1.31 bits per heavy atom. The zero-order valence-electron chi connectivity index (χ0n) is 8.87. The second-order valence-electron chi connectivity index (χ2n) is 5.76. The molecule has 0 aromatic heterocycles. The minimum Gasteiger partial charge on any atom is -0.295 e. The number of hydrogen-bond donors (Lipinski definition) is 0. The largest absolute Gasteiger partial charge is 0.295 e. The van der Waals surface area contributed by atoms with E-state index in [0.717, 1.165) is 30.0 Å². The lowest BCUT2D eigenvalue weighted by Crippen LogP contribution is -2.59. The summed E-state index contributed by atoms with van der Waals surface area (Å²) >= 11 is 0. The highest BCUT2D eigenvalue weighted by molar-refractivity contribution is 5.01. The van der Waals surface area contributed by atoms with Crippen molar-refractivity contribution >= 4 is 0 Å². The maximum absolute atomic E-state index is 2.83. The van der Waals surface area contributed by atoms with Crippen LogP contribution in [0.5, 0.6) is 0 Å². The van der Waals surface area contributed by atoms with Crippen LogP contribution in [-0.4, -0.2) is 23.0 Å². The summed E-state index contributed by atoms with van der Waals surface area (Å²) in [5.74, 6) is 2.22. The number of rotatable bonds is 1. The van der Waals surface area contributed by atoms with E-state index in [0.29, 0.717) is 0 Å². The smallest absolute Gasteiger partial charge is 0.0106 e. The van der Waals surface area contributed by atoms with Crippen LogP contribution in [0.25, 0.3) is 0 Å². The molecule has 0 aromatic rings. The second-order valence-corrected chi connectivity index (χ2v) is 5.76. The molecule has 2 saturated heterocycles. The van der Waals surface area contributed by atoms with E-state index >= 15 is 0 Å². The molecule has 0 spiro atoms. The first-order chi connectivity index (χ1) is 6.24. The SMILES string of the molecule is CC(C)N1C2CC3CC(C2)CC1C3. The Labute approximate surface area is 81.5 Å². The van der Waals surface area contributed by atoms with Crippen LogP contribution in [0.4, 0.5) is 0 Å². The zero-order chi connectivity index (χ0) is 9.00. The standard InChI is InChI=1S/C12H21N/c1-8(2)13-11-4-9-3-10(6-11)7-12(13)5-9/h8-12H,3-7H2,1-2H3. The van der Waals surface area contributed by atoms with Gasteiger partial charge < -0.3 is 0 Å². The van der Waals surface area contributed by atoms with Gasteiger partial charge >= 0.3 is 0 Å². The third-order valence-corrected chi connectivity index (χ3v) is 4.53. The molecule has 0 N–H and O–H groups in total. The summed E-state index contributed by atoms with van der Waals surface area (Å²) in [5.41, 5.74) is 0. The Hall–Kier alpha value is -0.0400. The van der Waals surface area contributed by atoms with Crippen molar-refractivity contribution in [1.29, 1.82) is 0 Å². The normalized spacial score (nSPS) is 49.2. The minimum atomic E-state index is 0.787. The van der Waals surface area contributed by atoms with E-state index in [1.165, 1.54) is 25.7 Å². The fourth-order valence-corrected chi connectivity index (χ4v) is 4.41. The van der Waals surface area contributed by atoms with Crippen molar-refractivity contribution in [2.24, 2.45) is 11.8 Å². The van der Waals surface area contributed by atoms with E-state index in [9.17, 15) is 0 Å². The van der Waals surface area contributed by atoms with Crippen molar-refractivity contribution in [1.82, 2.24) is 4.90 Å². The molecule has 1 heteroatoms. The van der Waals surface area contributed by atoms with Gasteiger partial charge in [-0.3, -0.25) is 4.90 Å². The topological polar surface area (TPSA) is 3.24 Å². The fraction of sp³-hybridized carbons (Fsp3) is 1.00. The molecule has 74 valence electrons. The highest BCUT2D eigenvalue weighted by Gasteiger charge is 2.47. The molecule has 4 aliphatic rings. The Morgan fingerprint density at radius 1 is 0.846 bits per heavy atom. The predicted octanol–water partition coefficient (Wildman–Crippen LogP) is 2.66. The van der Waals surface area contributed by atoms with E-state index in [1.54, 1.807) is 6.42 Å². The molecule has 0 radical (unpaired) electrons. The Kier molecular flexibility index (Phi) is 1.74. The third kappa shape index (κ3) is 1.16. The van der Waals surface area contributed by atoms with Crippen LogP contribution in [0.3, 0.4) is 0 Å². The van der Waals surface area contributed by atoms with Gasteiger partial charge in [0.05, 0.1) is 0 Å². The van der Waals surface area contributed by atoms with Crippen molar-refractivity contribution in [2.75, 3.05) is 0 Å². The van der Waals surface area contributed by atoms with Gasteiger partial charge in [0.15, 0.2) is 0 Å². The van der Waals surface area contributed by atoms with Gasteiger partial charge in [-0.25, -0.2) is 0 Å². The Morgan fingerprint density at radius 3 is 1.69 bits per heavy atom. The van der Waals surface area contributed by atoms with E-state index in [-0.39, 0.29) is 0 Å². The van der Waals surface area contributed by atoms with Crippen LogP contribution in [0.15, 0.2) is 0 Å². The maximum atomic E-state index is 2.83. The van der Waals surface area contributed by atoms with Crippen molar-refractivity contribution in [3.63, 3.8) is 0 Å². The molecule has 0 amide bonds. The quantitative estimate of drug-likeness (QED) is 0.598. The van der Waals surface area contributed by atoms with Gasteiger partial charge in [0.1, 0.15) is 0 Å². The third-order valence-electron chi connectivity index (χ3n) is 4.53. The molecule has 13 heavy (non-hydrogen) atoms. The molecule has 0 unspecified atom stereocenters. The van der Waals surface area contributed by atoms with E-state index < -0.39 is 0 Å². The minimum absolute atomic E-state index is 0.787. The highest BCUT2D eigenvalue weighted by Crippen LogP contribution is 2.49. The Bertz CT molecular complexity index is 181. The molecule has 2 heterocycles.